The molecule has 0 amide bonds. The largest absolute Gasteiger partial charge is 0.489 e. The van der Waals surface area contributed by atoms with Crippen molar-refractivity contribution in [2.24, 2.45) is 5.73 Å². The maximum atomic E-state index is 6.19. The Bertz CT molecular complexity index is 527. The van der Waals surface area contributed by atoms with Gasteiger partial charge in [0.15, 0.2) is 0 Å². The van der Waals surface area contributed by atoms with Crippen LogP contribution < -0.4 is 10.5 Å². The van der Waals surface area contributed by atoms with Gasteiger partial charge >= 0.3 is 0 Å². The SMILES string of the molecule is CC(C)Oc1cncc(C(N)c2sccc2Cl)c1. The van der Waals surface area contributed by atoms with Crippen molar-refractivity contribution in [1.82, 2.24) is 4.98 Å². The van der Waals surface area contributed by atoms with Crippen molar-refractivity contribution < 1.29 is 4.74 Å². The molecule has 2 rings (SSSR count). The summed E-state index contributed by atoms with van der Waals surface area (Å²) >= 11 is 7.63. The predicted molar refractivity (Wildman–Crippen MR) is 75.4 cm³/mol. The first-order valence-electron chi connectivity index (χ1n) is 5.68. The first-order valence-corrected chi connectivity index (χ1v) is 6.93. The van der Waals surface area contributed by atoms with Crippen LogP contribution in [0.2, 0.25) is 5.02 Å². The van der Waals surface area contributed by atoms with Crippen LogP contribution in [0.4, 0.5) is 0 Å². The standard InChI is InChI=1S/C13H15ClN2OS/c1-8(2)17-10-5-9(6-16-7-10)12(15)13-11(14)3-4-18-13/h3-8,12H,15H2,1-2H3. The third kappa shape index (κ3) is 3.02. The van der Waals surface area contributed by atoms with E-state index in [1.54, 1.807) is 23.7 Å². The van der Waals surface area contributed by atoms with Gasteiger partial charge in [-0.1, -0.05) is 11.6 Å². The zero-order valence-corrected chi connectivity index (χ0v) is 11.8. The molecule has 2 heterocycles. The zero-order chi connectivity index (χ0) is 13.1. The summed E-state index contributed by atoms with van der Waals surface area (Å²) in [6, 6.07) is 3.50. The van der Waals surface area contributed by atoms with Gasteiger partial charge in [-0.3, -0.25) is 4.98 Å². The van der Waals surface area contributed by atoms with Crippen molar-refractivity contribution in [3.63, 3.8) is 0 Å². The highest BCUT2D eigenvalue weighted by Crippen LogP contribution is 2.31. The maximum absolute atomic E-state index is 6.19. The number of pyridine rings is 1. The molecular weight excluding hydrogens is 268 g/mol. The molecule has 2 N–H and O–H groups in total. The normalized spacial score (nSPS) is 12.7. The van der Waals surface area contributed by atoms with Crippen LogP contribution in [-0.2, 0) is 0 Å². The quantitative estimate of drug-likeness (QED) is 0.931. The predicted octanol–water partition coefficient (Wildman–Crippen LogP) is 3.63. The highest BCUT2D eigenvalue weighted by molar-refractivity contribution is 7.10. The number of nitrogens with zero attached hydrogens (tertiary/aromatic N) is 1. The Morgan fingerprint density at radius 1 is 1.39 bits per heavy atom. The van der Waals surface area contributed by atoms with Gasteiger partial charge < -0.3 is 10.5 Å². The summed E-state index contributed by atoms with van der Waals surface area (Å²) in [6.07, 6.45) is 3.55. The molecule has 1 atom stereocenters. The van der Waals surface area contributed by atoms with Crippen molar-refractivity contribution in [3.05, 3.63) is 45.4 Å². The lowest BCUT2D eigenvalue weighted by atomic mass is 10.1. The van der Waals surface area contributed by atoms with Gasteiger partial charge in [-0.15, -0.1) is 11.3 Å². The molecular formula is C13H15ClN2OS. The summed E-state index contributed by atoms with van der Waals surface area (Å²) in [6.45, 7) is 3.95. The summed E-state index contributed by atoms with van der Waals surface area (Å²) in [4.78, 5) is 5.10. The summed E-state index contributed by atoms with van der Waals surface area (Å²) < 4.78 is 5.60. The third-order valence-electron chi connectivity index (χ3n) is 2.39. The van der Waals surface area contributed by atoms with Crippen LogP contribution in [0.25, 0.3) is 0 Å². The Hall–Kier alpha value is -1.10. The molecule has 2 aromatic heterocycles. The lowest BCUT2D eigenvalue weighted by Gasteiger charge is -2.14. The second kappa shape index (κ2) is 5.69. The van der Waals surface area contributed by atoms with E-state index in [1.165, 1.54) is 0 Å². The summed E-state index contributed by atoms with van der Waals surface area (Å²) in [5.41, 5.74) is 7.09. The van der Waals surface area contributed by atoms with E-state index in [9.17, 15) is 0 Å². The van der Waals surface area contributed by atoms with Crippen LogP contribution in [0.15, 0.2) is 29.9 Å². The average Bonchev–Trinajstić information content (AvgIpc) is 2.74. The fraction of sp³-hybridized carbons (Fsp3) is 0.308. The average molecular weight is 283 g/mol. The van der Waals surface area contributed by atoms with E-state index < -0.39 is 0 Å². The van der Waals surface area contributed by atoms with Gasteiger partial charge in [0.25, 0.3) is 0 Å². The molecule has 0 aliphatic rings. The summed E-state index contributed by atoms with van der Waals surface area (Å²) in [5, 5.41) is 2.63. The molecule has 5 heteroatoms. The van der Waals surface area contributed by atoms with Crippen LogP contribution in [0.3, 0.4) is 0 Å². The number of halogens is 1. The van der Waals surface area contributed by atoms with E-state index in [2.05, 4.69) is 4.98 Å². The van der Waals surface area contributed by atoms with E-state index in [0.717, 1.165) is 16.2 Å². The van der Waals surface area contributed by atoms with E-state index in [4.69, 9.17) is 22.1 Å². The molecule has 96 valence electrons. The van der Waals surface area contributed by atoms with Gasteiger partial charge in [-0.05, 0) is 36.9 Å². The van der Waals surface area contributed by atoms with Crippen LogP contribution in [0.5, 0.6) is 5.75 Å². The molecule has 0 saturated heterocycles. The number of hydrogen-bond acceptors (Lipinski definition) is 4. The molecule has 0 radical (unpaired) electrons. The topological polar surface area (TPSA) is 48.1 Å². The Kier molecular flexibility index (Phi) is 4.22. The minimum Gasteiger partial charge on any atom is -0.489 e. The van der Waals surface area contributed by atoms with Crippen LogP contribution in [0, 0.1) is 0 Å². The first-order chi connectivity index (χ1) is 8.58. The van der Waals surface area contributed by atoms with Gasteiger partial charge in [-0.25, -0.2) is 0 Å². The van der Waals surface area contributed by atoms with Crippen LogP contribution >= 0.6 is 22.9 Å². The van der Waals surface area contributed by atoms with Crippen molar-refractivity contribution in [1.29, 1.82) is 0 Å². The number of rotatable bonds is 4. The Morgan fingerprint density at radius 3 is 2.78 bits per heavy atom. The van der Waals surface area contributed by atoms with E-state index in [0.29, 0.717) is 5.02 Å². The minimum atomic E-state index is -0.263. The lowest BCUT2D eigenvalue weighted by molar-refractivity contribution is 0.241. The number of nitrogens with two attached hydrogens (primary N) is 1. The fourth-order valence-electron chi connectivity index (χ4n) is 1.62. The van der Waals surface area contributed by atoms with E-state index >= 15 is 0 Å². The van der Waals surface area contributed by atoms with Crippen molar-refractivity contribution in [2.45, 2.75) is 26.0 Å². The maximum Gasteiger partial charge on any atom is 0.138 e. The molecule has 3 nitrogen and oxygen atoms in total. The first kappa shape index (κ1) is 13.3. The van der Waals surface area contributed by atoms with Gasteiger partial charge in [-0.2, -0.15) is 0 Å². The third-order valence-corrected chi connectivity index (χ3v) is 3.83. The zero-order valence-electron chi connectivity index (χ0n) is 10.3. The smallest absolute Gasteiger partial charge is 0.138 e. The molecule has 1 unspecified atom stereocenters. The highest BCUT2D eigenvalue weighted by atomic mass is 35.5. The van der Waals surface area contributed by atoms with E-state index in [1.807, 2.05) is 31.4 Å². The Labute approximate surface area is 116 Å². The lowest BCUT2D eigenvalue weighted by Crippen LogP contribution is -2.12. The minimum absolute atomic E-state index is 0.114. The summed E-state index contributed by atoms with van der Waals surface area (Å²) in [7, 11) is 0. The molecule has 0 aromatic carbocycles. The Balaban J connectivity index is 2.25. The molecule has 0 aliphatic heterocycles. The fourth-order valence-corrected chi connectivity index (χ4v) is 2.82. The molecule has 2 aromatic rings. The highest BCUT2D eigenvalue weighted by Gasteiger charge is 2.15. The molecule has 0 spiro atoms. The van der Waals surface area contributed by atoms with Gasteiger partial charge in [0.1, 0.15) is 5.75 Å². The summed E-state index contributed by atoms with van der Waals surface area (Å²) in [5.74, 6) is 0.727. The number of thiophene rings is 1. The second-order valence-corrected chi connectivity index (χ2v) is 5.59. The number of aromatic nitrogens is 1. The molecule has 0 aliphatic carbocycles. The second-order valence-electron chi connectivity index (χ2n) is 4.23. The number of ether oxygens (including phenoxy) is 1. The van der Waals surface area contributed by atoms with Gasteiger partial charge in [0.05, 0.1) is 23.4 Å². The van der Waals surface area contributed by atoms with Gasteiger partial charge in [0.2, 0.25) is 0 Å². The monoisotopic (exact) mass is 282 g/mol. The molecule has 0 bridgehead atoms. The van der Waals surface area contributed by atoms with Crippen molar-refractivity contribution in [2.75, 3.05) is 0 Å². The van der Waals surface area contributed by atoms with Crippen LogP contribution in [0.1, 0.15) is 30.3 Å². The Morgan fingerprint density at radius 2 is 2.17 bits per heavy atom. The van der Waals surface area contributed by atoms with Gasteiger partial charge in [0, 0.05) is 11.1 Å². The van der Waals surface area contributed by atoms with E-state index in [-0.39, 0.29) is 12.1 Å². The van der Waals surface area contributed by atoms with Crippen molar-refractivity contribution >= 4 is 22.9 Å². The molecule has 18 heavy (non-hydrogen) atoms. The molecule has 0 saturated carbocycles. The molecule has 0 fully saturated rings. The number of hydrogen-bond donors (Lipinski definition) is 1. The van der Waals surface area contributed by atoms with Crippen LogP contribution in [-0.4, -0.2) is 11.1 Å². The van der Waals surface area contributed by atoms with Crippen molar-refractivity contribution in [3.8, 4) is 5.75 Å².